The molecule has 0 spiro atoms. The van der Waals surface area contributed by atoms with Crippen molar-refractivity contribution in [1.29, 1.82) is 0 Å². The van der Waals surface area contributed by atoms with E-state index >= 15 is 0 Å². The minimum atomic E-state index is -0.557. The standard InChI is InChI=1S/C21H26N4O3/c26-18-7-6-17(20(27)24-18)25-11-13-3-1-2-12(19(13)21(25)28)10-22-16-8-14-4-5-15(9-16)23-14/h1-3,14-17,22-23H,4-11H2,(H,24,26,27)/t14-,15+,16?,17?. The van der Waals surface area contributed by atoms with Gasteiger partial charge in [0.15, 0.2) is 0 Å². The number of piperidine rings is 2. The van der Waals surface area contributed by atoms with E-state index in [4.69, 9.17) is 0 Å². The van der Waals surface area contributed by atoms with Crippen molar-refractivity contribution in [2.75, 3.05) is 0 Å². The maximum atomic E-state index is 13.1. The van der Waals surface area contributed by atoms with E-state index in [1.54, 1.807) is 4.90 Å². The van der Waals surface area contributed by atoms with Gasteiger partial charge >= 0.3 is 0 Å². The number of nitrogens with zero attached hydrogens (tertiary/aromatic N) is 1. The highest BCUT2D eigenvalue weighted by Gasteiger charge is 2.40. The minimum absolute atomic E-state index is 0.0905. The Morgan fingerprint density at radius 3 is 2.61 bits per heavy atom. The Kier molecular flexibility index (Phi) is 4.44. The molecule has 0 radical (unpaired) electrons. The van der Waals surface area contributed by atoms with Crippen LogP contribution in [-0.2, 0) is 22.7 Å². The number of nitrogens with one attached hydrogen (secondary N) is 3. The minimum Gasteiger partial charge on any atom is -0.322 e. The number of hydrogen-bond donors (Lipinski definition) is 3. The summed E-state index contributed by atoms with van der Waals surface area (Å²) in [6, 6.07) is 7.14. The maximum absolute atomic E-state index is 13.1. The molecule has 7 nitrogen and oxygen atoms in total. The molecule has 4 aliphatic rings. The number of carbonyl (C=O) groups is 3. The van der Waals surface area contributed by atoms with Crippen molar-refractivity contribution in [3.8, 4) is 0 Å². The number of imide groups is 1. The lowest BCUT2D eigenvalue weighted by molar-refractivity contribution is -0.136. The van der Waals surface area contributed by atoms with Crippen LogP contribution in [0.25, 0.3) is 0 Å². The zero-order valence-electron chi connectivity index (χ0n) is 15.9. The lowest BCUT2D eigenvalue weighted by Gasteiger charge is -2.30. The first kappa shape index (κ1) is 17.8. The summed E-state index contributed by atoms with van der Waals surface area (Å²) in [6.45, 7) is 1.11. The molecule has 28 heavy (non-hydrogen) atoms. The third-order valence-corrected chi connectivity index (χ3v) is 6.69. The average Bonchev–Trinajstić information content (AvgIpc) is 3.19. The van der Waals surface area contributed by atoms with Gasteiger partial charge < -0.3 is 15.5 Å². The van der Waals surface area contributed by atoms with Crippen molar-refractivity contribution < 1.29 is 14.4 Å². The van der Waals surface area contributed by atoms with E-state index in [0.717, 1.165) is 29.5 Å². The van der Waals surface area contributed by atoms with Gasteiger partial charge in [-0.15, -0.1) is 0 Å². The second-order valence-corrected chi connectivity index (χ2v) is 8.54. The molecule has 148 valence electrons. The molecule has 3 N–H and O–H groups in total. The number of amides is 3. The van der Waals surface area contributed by atoms with E-state index in [-0.39, 0.29) is 24.1 Å². The Morgan fingerprint density at radius 1 is 1.07 bits per heavy atom. The summed E-state index contributed by atoms with van der Waals surface area (Å²) in [6.07, 6.45) is 5.49. The molecule has 4 aliphatic heterocycles. The third kappa shape index (κ3) is 3.12. The number of fused-ring (bicyclic) bond motifs is 3. The summed E-state index contributed by atoms with van der Waals surface area (Å²) < 4.78 is 0. The molecule has 4 heterocycles. The van der Waals surface area contributed by atoms with Gasteiger partial charge in [0, 0.05) is 43.2 Å². The maximum Gasteiger partial charge on any atom is 0.255 e. The van der Waals surface area contributed by atoms with Crippen LogP contribution >= 0.6 is 0 Å². The van der Waals surface area contributed by atoms with Crippen LogP contribution in [0.5, 0.6) is 0 Å². The fourth-order valence-electron chi connectivity index (χ4n) is 5.32. The van der Waals surface area contributed by atoms with Crippen molar-refractivity contribution in [2.24, 2.45) is 0 Å². The van der Waals surface area contributed by atoms with Crippen molar-refractivity contribution in [3.05, 3.63) is 34.9 Å². The van der Waals surface area contributed by atoms with Crippen molar-refractivity contribution >= 4 is 17.7 Å². The predicted molar refractivity (Wildman–Crippen MR) is 102 cm³/mol. The second kappa shape index (κ2) is 6.97. The quantitative estimate of drug-likeness (QED) is 0.671. The van der Waals surface area contributed by atoms with Gasteiger partial charge in [-0.1, -0.05) is 18.2 Å². The van der Waals surface area contributed by atoms with Crippen LogP contribution in [0.2, 0.25) is 0 Å². The van der Waals surface area contributed by atoms with Crippen molar-refractivity contribution in [2.45, 2.75) is 75.8 Å². The lowest BCUT2D eigenvalue weighted by atomic mass is 9.98. The molecule has 3 saturated heterocycles. The topological polar surface area (TPSA) is 90.5 Å². The van der Waals surface area contributed by atoms with E-state index in [1.807, 2.05) is 18.2 Å². The van der Waals surface area contributed by atoms with Crippen LogP contribution in [0, 0.1) is 0 Å². The molecule has 2 unspecified atom stereocenters. The molecule has 0 aromatic heterocycles. The SMILES string of the molecule is O=C1CCC(N2Cc3cccc(CNC4C[C@H]5CC[C@@H](C4)N5)c3C2=O)C(=O)N1. The molecule has 1 aromatic carbocycles. The van der Waals surface area contributed by atoms with E-state index in [0.29, 0.717) is 37.6 Å². The fraction of sp³-hybridized carbons (Fsp3) is 0.571. The highest BCUT2D eigenvalue weighted by molar-refractivity contribution is 6.05. The molecule has 3 amide bonds. The summed E-state index contributed by atoms with van der Waals surface area (Å²) in [7, 11) is 0. The Morgan fingerprint density at radius 2 is 1.86 bits per heavy atom. The first-order chi connectivity index (χ1) is 13.6. The summed E-state index contributed by atoms with van der Waals surface area (Å²) in [5.41, 5.74) is 2.71. The first-order valence-corrected chi connectivity index (χ1v) is 10.3. The van der Waals surface area contributed by atoms with Gasteiger partial charge in [0.1, 0.15) is 6.04 Å². The molecule has 0 saturated carbocycles. The molecule has 4 atom stereocenters. The highest BCUT2D eigenvalue weighted by atomic mass is 16.2. The molecular formula is C21H26N4O3. The number of rotatable bonds is 4. The van der Waals surface area contributed by atoms with Crippen LogP contribution in [0.1, 0.15) is 60.0 Å². The van der Waals surface area contributed by atoms with Crippen LogP contribution in [0.4, 0.5) is 0 Å². The third-order valence-electron chi connectivity index (χ3n) is 6.69. The van der Waals surface area contributed by atoms with Crippen LogP contribution in [-0.4, -0.2) is 46.8 Å². The number of benzene rings is 1. The van der Waals surface area contributed by atoms with Gasteiger partial charge in [-0.3, -0.25) is 19.7 Å². The van der Waals surface area contributed by atoms with Gasteiger partial charge in [0.05, 0.1) is 0 Å². The Balaban J connectivity index is 1.30. The molecule has 1 aromatic rings. The second-order valence-electron chi connectivity index (χ2n) is 8.54. The summed E-state index contributed by atoms with van der Waals surface area (Å²) >= 11 is 0. The zero-order chi connectivity index (χ0) is 19.3. The highest BCUT2D eigenvalue weighted by Crippen LogP contribution is 2.31. The molecule has 2 bridgehead atoms. The lowest BCUT2D eigenvalue weighted by Crippen LogP contribution is -2.52. The first-order valence-electron chi connectivity index (χ1n) is 10.3. The van der Waals surface area contributed by atoms with Crippen LogP contribution in [0.3, 0.4) is 0 Å². The number of hydrogen-bond acceptors (Lipinski definition) is 5. The molecule has 0 aliphatic carbocycles. The van der Waals surface area contributed by atoms with Crippen LogP contribution in [0.15, 0.2) is 18.2 Å². The van der Waals surface area contributed by atoms with Gasteiger partial charge in [-0.2, -0.15) is 0 Å². The average molecular weight is 382 g/mol. The van der Waals surface area contributed by atoms with Gasteiger partial charge in [0.25, 0.3) is 5.91 Å². The summed E-state index contributed by atoms with van der Waals surface area (Å²) in [4.78, 5) is 38.4. The Labute approximate surface area is 164 Å². The Hall–Kier alpha value is -2.25. The van der Waals surface area contributed by atoms with Gasteiger partial charge in [0.2, 0.25) is 11.8 Å². The fourth-order valence-corrected chi connectivity index (χ4v) is 5.32. The van der Waals surface area contributed by atoms with Crippen molar-refractivity contribution in [1.82, 2.24) is 20.9 Å². The van der Waals surface area contributed by atoms with E-state index < -0.39 is 6.04 Å². The summed E-state index contributed by atoms with van der Waals surface area (Å²) in [5.74, 6) is -0.708. The molecule has 3 fully saturated rings. The predicted octanol–water partition coefficient (Wildman–Crippen LogP) is 0.820. The van der Waals surface area contributed by atoms with Crippen molar-refractivity contribution in [3.63, 3.8) is 0 Å². The molecular weight excluding hydrogens is 356 g/mol. The monoisotopic (exact) mass is 382 g/mol. The smallest absolute Gasteiger partial charge is 0.255 e. The summed E-state index contributed by atoms with van der Waals surface area (Å²) in [5, 5.41) is 9.68. The Bertz CT molecular complexity index is 827. The largest absolute Gasteiger partial charge is 0.322 e. The van der Waals surface area contributed by atoms with Gasteiger partial charge in [-0.05, 0) is 43.2 Å². The zero-order valence-corrected chi connectivity index (χ0v) is 15.9. The van der Waals surface area contributed by atoms with Crippen LogP contribution < -0.4 is 16.0 Å². The van der Waals surface area contributed by atoms with E-state index in [2.05, 4.69) is 16.0 Å². The van der Waals surface area contributed by atoms with E-state index in [1.165, 1.54) is 12.8 Å². The molecule has 5 rings (SSSR count). The van der Waals surface area contributed by atoms with E-state index in [9.17, 15) is 14.4 Å². The molecule has 7 heteroatoms. The van der Waals surface area contributed by atoms with Gasteiger partial charge in [-0.25, -0.2) is 0 Å². The normalized spacial score (nSPS) is 31.9. The number of carbonyl (C=O) groups excluding carboxylic acids is 3.